The van der Waals surface area contributed by atoms with Crippen LogP contribution in [0.25, 0.3) is 16.6 Å². The number of aryl methyl sites for hydroxylation is 2. The Kier molecular flexibility index (Phi) is 9.44. The first-order valence-electron chi connectivity index (χ1n) is 13.6. The standard InChI is InChI=1S/C30H32N2O11/c1-15-6-4-9-20-28(15)31-16(2)32(29(20)40)18-7-5-8-19(10-18)42-30-23(13-27(38)39)21(11-25(34)35)22(12-26(36)37)24(43-30)14-41-17(3)33/h4-10,21-24,30H,11-14H2,1-3H3,(H,34,35)(H,36,37)(H,38,39)/t21-,22+,23+,24-,30-/m1/s1. The zero-order valence-corrected chi connectivity index (χ0v) is 23.8. The van der Waals surface area contributed by atoms with Gasteiger partial charge in [0.25, 0.3) is 5.56 Å². The second-order valence-corrected chi connectivity index (χ2v) is 10.5. The molecular weight excluding hydrogens is 564 g/mol. The van der Waals surface area contributed by atoms with Crippen LogP contribution in [-0.4, -0.2) is 67.7 Å². The molecule has 4 rings (SSSR count). The number of carboxylic acids is 3. The summed E-state index contributed by atoms with van der Waals surface area (Å²) in [4.78, 5) is 65.1. The summed E-state index contributed by atoms with van der Waals surface area (Å²) >= 11 is 0. The number of benzene rings is 2. The fourth-order valence-corrected chi connectivity index (χ4v) is 5.68. The number of carbonyl (C=O) groups is 4. The number of nitrogens with zero attached hydrogens (tertiary/aromatic N) is 2. The molecule has 0 radical (unpaired) electrons. The summed E-state index contributed by atoms with van der Waals surface area (Å²) < 4.78 is 18.7. The van der Waals surface area contributed by atoms with Gasteiger partial charge in [-0.05, 0) is 43.5 Å². The number of rotatable bonds is 11. The molecule has 1 aliphatic heterocycles. The summed E-state index contributed by atoms with van der Waals surface area (Å²) in [6.07, 6.45) is -4.13. The van der Waals surface area contributed by atoms with E-state index in [0.717, 1.165) is 12.5 Å². The summed E-state index contributed by atoms with van der Waals surface area (Å²) in [5, 5.41) is 29.3. The van der Waals surface area contributed by atoms with E-state index < -0.39 is 73.3 Å². The summed E-state index contributed by atoms with van der Waals surface area (Å²) in [5.41, 5.74) is 1.53. The van der Waals surface area contributed by atoms with Crippen molar-refractivity contribution in [1.29, 1.82) is 0 Å². The highest BCUT2D eigenvalue weighted by Gasteiger charge is 2.49. The van der Waals surface area contributed by atoms with Gasteiger partial charge in [0, 0.05) is 31.2 Å². The van der Waals surface area contributed by atoms with Crippen LogP contribution in [0.3, 0.4) is 0 Å². The number of hydrogen-bond acceptors (Lipinski definition) is 9. The molecular formula is C30H32N2O11. The van der Waals surface area contributed by atoms with Gasteiger partial charge in [-0.25, -0.2) is 4.98 Å². The number of aromatic nitrogens is 2. The fraction of sp³-hybridized carbons (Fsp3) is 0.400. The van der Waals surface area contributed by atoms with Gasteiger partial charge < -0.3 is 29.5 Å². The van der Waals surface area contributed by atoms with E-state index in [1.807, 2.05) is 13.0 Å². The average Bonchev–Trinajstić information content (AvgIpc) is 2.91. The third-order valence-electron chi connectivity index (χ3n) is 7.51. The number of para-hydroxylation sites is 1. The Morgan fingerprint density at radius 1 is 0.907 bits per heavy atom. The molecule has 0 aliphatic carbocycles. The molecule has 2 heterocycles. The molecule has 43 heavy (non-hydrogen) atoms. The van der Waals surface area contributed by atoms with E-state index in [-0.39, 0.29) is 17.9 Å². The summed E-state index contributed by atoms with van der Waals surface area (Å²) in [5.74, 6) is -6.93. The number of ether oxygens (including phenoxy) is 3. The molecule has 1 aromatic heterocycles. The average molecular weight is 597 g/mol. The van der Waals surface area contributed by atoms with E-state index in [1.54, 1.807) is 37.3 Å². The van der Waals surface area contributed by atoms with Gasteiger partial charge in [-0.15, -0.1) is 0 Å². The summed E-state index contributed by atoms with van der Waals surface area (Å²) in [6.45, 7) is 4.31. The Morgan fingerprint density at radius 3 is 2.19 bits per heavy atom. The molecule has 3 N–H and O–H groups in total. The summed E-state index contributed by atoms with van der Waals surface area (Å²) in [6, 6.07) is 11.7. The van der Waals surface area contributed by atoms with Crippen molar-refractivity contribution >= 4 is 34.8 Å². The first-order chi connectivity index (χ1) is 20.3. The van der Waals surface area contributed by atoms with Crippen molar-refractivity contribution in [2.24, 2.45) is 17.8 Å². The number of carboxylic acid groups (broad SMARTS) is 3. The third kappa shape index (κ3) is 7.17. The number of esters is 1. The number of hydrogen-bond donors (Lipinski definition) is 3. The molecule has 0 amide bonds. The predicted octanol–water partition coefficient (Wildman–Crippen LogP) is 2.94. The van der Waals surface area contributed by atoms with Crippen LogP contribution in [0.2, 0.25) is 0 Å². The summed E-state index contributed by atoms with van der Waals surface area (Å²) in [7, 11) is 0. The van der Waals surface area contributed by atoms with Gasteiger partial charge >= 0.3 is 23.9 Å². The van der Waals surface area contributed by atoms with Gasteiger partial charge in [0.1, 0.15) is 18.2 Å². The molecule has 13 heteroatoms. The molecule has 1 aliphatic rings. The van der Waals surface area contributed by atoms with E-state index in [0.29, 0.717) is 22.4 Å². The molecule has 0 unspecified atom stereocenters. The third-order valence-corrected chi connectivity index (χ3v) is 7.51. The van der Waals surface area contributed by atoms with Crippen LogP contribution >= 0.6 is 0 Å². The molecule has 228 valence electrons. The highest BCUT2D eigenvalue weighted by molar-refractivity contribution is 5.81. The van der Waals surface area contributed by atoms with Gasteiger partial charge in [0.15, 0.2) is 0 Å². The maximum atomic E-state index is 13.5. The zero-order chi connectivity index (χ0) is 31.4. The molecule has 1 fully saturated rings. The van der Waals surface area contributed by atoms with Gasteiger partial charge in [-0.3, -0.25) is 28.5 Å². The van der Waals surface area contributed by atoms with Crippen LogP contribution in [0, 0.1) is 31.6 Å². The molecule has 13 nitrogen and oxygen atoms in total. The first kappa shape index (κ1) is 31.2. The van der Waals surface area contributed by atoms with Crippen molar-refractivity contribution in [3.63, 3.8) is 0 Å². The quantitative estimate of drug-likeness (QED) is 0.275. The molecule has 3 aromatic rings. The SMILES string of the molecule is CC(=O)OC[C@H]1O[C@@H](Oc2cccc(-n3c(C)nc4c(C)cccc4c3=O)c2)[C@@H](CC(=O)O)[C@H](CC(=O)O)[C@@H]1CC(=O)O. The molecule has 1 saturated heterocycles. The van der Waals surface area contributed by atoms with Crippen LogP contribution in [0.5, 0.6) is 5.75 Å². The Labute approximate surface area is 245 Å². The largest absolute Gasteiger partial charge is 0.481 e. The lowest BCUT2D eigenvalue weighted by atomic mass is 9.71. The van der Waals surface area contributed by atoms with Crippen molar-refractivity contribution in [3.05, 3.63) is 64.2 Å². The maximum Gasteiger partial charge on any atom is 0.303 e. The van der Waals surface area contributed by atoms with E-state index >= 15 is 0 Å². The molecule has 0 saturated carbocycles. The van der Waals surface area contributed by atoms with Gasteiger partial charge in [-0.2, -0.15) is 0 Å². The van der Waals surface area contributed by atoms with Crippen LogP contribution < -0.4 is 10.3 Å². The zero-order valence-electron chi connectivity index (χ0n) is 23.8. The van der Waals surface area contributed by atoms with Crippen molar-refractivity contribution in [2.45, 2.75) is 52.4 Å². The fourth-order valence-electron chi connectivity index (χ4n) is 5.68. The van der Waals surface area contributed by atoms with Crippen LogP contribution in [0.1, 0.15) is 37.6 Å². The number of aliphatic carboxylic acids is 3. The van der Waals surface area contributed by atoms with E-state index in [2.05, 4.69) is 4.98 Å². The second kappa shape index (κ2) is 13.0. The first-order valence-corrected chi connectivity index (χ1v) is 13.6. The number of carbonyl (C=O) groups excluding carboxylic acids is 1. The molecule has 5 atom stereocenters. The van der Waals surface area contributed by atoms with E-state index in [9.17, 15) is 39.3 Å². The molecule has 2 aromatic carbocycles. The van der Waals surface area contributed by atoms with Crippen molar-refractivity contribution < 1.29 is 48.7 Å². The minimum Gasteiger partial charge on any atom is -0.481 e. The van der Waals surface area contributed by atoms with Crippen molar-refractivity contribution in [1.82, 2.24) is 9.55 Å². The number of fused-ring (bicyclic) bond motifs is 1. The lowest BCUT2D eigenvalue weighted by molar-refractivity contribution is -0.237. The van der Waals surface area contributed by atoms with E-state index in [4.69, 9.17) is 14.2 Å². The van der Waals surface area contributed by atoms with Crippen molar-refractivity contribution in [2.75, 3.05) is 6.61 Å². The lowest BCUT2D eigenvalue weighted by Crippen LogP contribution is -2.53. The highest BCUT2D eigenvalue weighted by atomic mass is 16.7. The topological polar surface area (TPSA) is 192 Å². The molecule has 0 bridgehead atoms. The van der Waals surface area contributed by atoms with Gasteiger partial charge in [-0.1, -0.05) is 18.2 Å². The lowest BCUT2D eigenvalue weighted by Gasteiger charge is -2.45. The minimum absolute atomic E-state index is 0.172. The van der Waals surface area contributed by atoms with Crippen LogP contribution in [0.15, 0.2) is 47.3 Å². The smallest absolute Gasteiger partial charge is 0.303 e. The second-order valence-electron chi connectivity index (χ2n) is 10.5. The Hall–Kier alpha value is -4.78. The van der Waals surface area contributed by atoms with E-state index in [1.165, 1.54) is 10.6 Å². The van der Waals surface area contributed by atoms with Crippen molar-refractivity contribution in [3.8, 4) is 11.4 Å². The van der Waals surface area contributed by atoms with Crippen LogP contribution in [0.4, 0.5) is 0 Å². The molecule has 0 spiro atoms. The Bertz CT molecular complexity index is 1620. The van der Waals surface area contributed by atoms with Gasteiger partial charge in [0.05, 0.1) is 35.5 Å². The Morgan fingerprint density at radius 2 is 1.53 bits per heavy atom. The van der Waals surface area contributed by atoms with Gasteiger partial charge in [0.2, 0.25) is 6.29 Å². The normalized spacial score (nSPS) is 21.7. The maximum absolute atomic E-state index is 13.5. The highest BCUT2D eigenvalue weighted by Crippen LogP contribution is 2.42. The monoisotopic (exact) mass is 596 g/mol. The van der Waals surface area contributed by atoms with Crippen LogP contribution in [-0.2, 0) is 28.7 Å². The Balaban J connectivity index is 1.75. The predicted molar refractivity (Wildman–Crippen MR) is 150 cm³/mol. The minimum atomic E-state index is -1.35.